The minimum absolute atomic E-state index is 0. The average molecular weight is 420 g/mol. The number of benzene rings is 1. The van der Waals surface area contributed by atoms with Gasteiger partial charge in [-0.15, -0.1) is 0 Å². The molecule has 1 N–H and O–H groups in total. The van der Waals surface area contributed by atoms with E-state index in [9.17, 15) is 9.90 Å². The summed E-state index contributed by atoms with van der Waals surface area (Å²) < 4.78 is 1.47. The van der Waals surface area contributed by atoms with Gasteiger partial charge in [0.15, 0.2) is 5.75 Å². The molecule has 0 aliphatic heterocycles. The summed E-state index contributed by atoms with van der Waals surface area (Å²) in [6.45, 7) is 12.4. The topological polar surface area (TPSA) is 55.1 Å². The van der Waals surface area contributed by atoms with Crippen LogP contribution in [0.3, 0.4) is 0 Å². The largest absolute Gasteiger partial charge is 0.505 e. The summed E-state index contributed by atoms with van der Waals surface area (Å²) >= 11 is 0. The maximum absolute atomic E-state index is 12.6. The Morgan fingerprint density at radius 3 is 2.24 bits per heavy atom. The Morgan fingerprint density at radius 2 is 1.76 bits per heavy atom. The van der Waals surface area contributed by atoms with Gasteiger partial charge in [-0.1, -0.05) is 58.9 Å². The number of hydrogen-bond donors (Lipinski definition) is 1. The Balaban J connectivity index is 0. The fraction of sp³-hybridized carbons (Fsp3) is 0.450. The molecule has 5 heteroatoms. The van der Waals surface area contributed by atoms with Crippen molar-refractivity contribution in [3.8, 4) is 16.9 Å². The van der Waals surface area contributed by atoms with E-state index < -0.39 is 0 Å². The van der Waals surface area contributed by atoms with Crippen molar-refractivity contribution < 1.29 is 37.8 Å². The molecule has 0 amide bonds. The standard InChI is InChI=1S/C17H22N2O2.C2H6.CH3.Y/c1-5-10-19-17(21)14(13-9-7-6-8-12(13)4)16(20)15(18-19)11(2)3;1-2;;/h6-9,11,20H,5,10H2,1-4H3;1-2H3;1H3;/q;;-1;. The van der Waals surface area contributed by atoms with Crippen molar-refractivity contribution in [1.29, 1.82) is 0 Å². The third-order valence-electron chi connectivity index (χ3n) is 3.55. The number of aromatic hydroxyl groups is 1. The van der Waals surface area contributed by atoms with Crippen LogP contribution in [0.25, 0.3) is 11.1 Å². The van der Waals surface area contributed by atoms with E-state index in [0.29, 0.717) is 17.8 Å². The van der Waals surface area contributed by atoms with Crippen molar-refractivity contribution in [2.45, 2.75) is 60.4 Å². The first-order valence-electron chi connectivity index (χ1n) is 8.37. The number of hydrogen-bond acceptors (Lipinski definition) is 3. The minimum atomic E-state index is -0.229. The third kappa shape index (κ3) is 6.04. The fourth-order valence-electron chi connectivity index (χ4n) is 2.43. The van der Waals surface area contributed by atoms with Crippen LogP contribution < -0.4 is 5.56 Å². The summed E-state index contributed by atoms with van der Waals surface area (Å²) in [6, 6.07) is 7.60. The van der Waals surface area contributed by atoms with Gasteiger partial charge in [0.2, 0.25) is 0 Å². The molecule has 0 aliphatic carbocycles. The van der Waals surface area contributed by atoms with E-state index in [1.54, 1.807) is 0 Å². The molecule has 0 unspecified atom stereocenters. The smallest absolute Gasteiger partial charge is 0.278 e. The second-order valence-electron chi connectivity index (χ2n) is 5.61. The maximum atomic E-state index is 12.6. The third-order valence-corrected chi connectivity index (χ3v) is 3.55. The number of rotatable bonds is 4. The second kappa shape index (κ2) is 12.4. The van der Waals surface area contributed by atoms with E-state index in [1.807, 2.05) is 65.8 Å². The van der Waals surface area contributed by atoms with Crippen LogP contribution in [-0.2, 0) is 39.3 Å². The van der Waals surface area contributed by atoms with Crippen molar-refractivity contribution >= 4 is 0 Å². The van der Waals surface area contributed by atoms with E-state index in [-0.39, 0.29) is 57.4 Å². The predicted molar refractivity (Wildman–Crippen MR) is 102 cm³/mol. The Hall–Kier alpha value is -0.996. The van der Waals surface area contributed by atoms with Crippen LogP contribution in [0.15, 0.2) is 29.1 Å². The normalized spacial score (nSPS) is 9.56. The molecule has 0 spiro atoms. The molecule has 0 saturated carbocycles. The van der Waals surface area contributed by atoms with E-state index in [1.165, 1.54) is 4.68 Å². The molecule has 1 aromatic heterocycles. The van der Waals surface area contributed by atoms with Gasteiger partial charge >= 0.3 is 0 Å². The van der Waals surface area contributed by atoms with E-state index in [0.717, 1.165) is 17.5 Å². The zero-order chi connectivity index (χ0) is 17.6. The van der Waals surface area contributed by atoms with Crippen LogP contribution in [0.5, 0.6) is 5.75 Å². The SMILES string of the molecule is CC.CCCn1nc(C(C)C)c(O)c(-c2ccccc2C)c1=O.[CH3-].[Y]. The molecule has 137 valence electrons. The first-order chi connectivity index (χ1) is 11.0. The molecule has 0 saturated heterocycles. The molecular weight excluding hydrogens is 389 g/mol. The van der Waals surface area contributed by atoms with Crippen LogP contribution in [0.4, 0.5) is 0 Å². The first kappa shape index (κ1) is 26.2. The molecule has 2 rings (SSSR count). The number of nitrogens with zero attached hydrogens (tertiary/aromatic N) is 2. The molecular formula is C20H31N2O2Y-. The average Bonchev–Trinajstić information content (AvgIpc) is 2.53. The molecule has 4 nitrogen and oxygen atoms in total. The van der Waals surface area contributed by atoms with Gasteiger partial charge in [-0.05, 0) is 24.5 Å². The minimum Gasteiger partial charge on any atom is -0.505 e. The Kier molecular flexibility index (Phi) is 13.0. The van der Waals surface area contributed by atoms with Crippen LogP contribution in [0, 0.1) is 14.4 Å². The Bertz CT molecular complexity index is 709. The van der Waals surface area contributed by atoms with Gasteiger partial charge in [-0.25, -0.2) is 4.68 Å². The first-order valence-corrected chi connectivity index (χ1v) is 8.37. The van der Waals surface area contributed by atoms with Gasteiger partial charge in [-0.2, -0.15) is 5.10 Å². The van der Waals surface area contributed by atoms with Crippen LogP contribution >= 0.6 is 0 Å². The summed E-state index contributed by atoms with van der Waals surface area (Å²) in [7, 11) is 0. The monoisotopic (exact) mass is 420 g/mol. The van der Waals surface area contributed by atoms with Gasteiger partial charge in [0.25, 0.3) is 5.56 Å². The van der Waals surface area contributed by atoms with Gasteiger partial charge < -0.3 is 12.5 Å². The molecule has 1 heterocycles. The van der Waals surface area contributed by atoms with Crippen LogP contribution in [-0.4, -0.2) is 14.9 Å². The zero-order valence-corrected chi connectivity index (χ0v) is 19.5. The van der Waals surface area contributed by atoms with Crippen molar-refractivity contribution in [2.24, 2.45) is 0 Å². The molecule has 0 aliphatic rings. The van der Waals surface area contributed by atoms with E-state index in [4.69, 9.17) is 0 Å². The quantitative estimate of drug-likeness (QED) is 0.714. The number of aryl methyl sites for hydroxylation is 2. The predicted octanol–water partition coefficient (Wildman–Crippen LogP) is 4.93. The van der Waals surface area contributed by atoms with Gasteiger partial charge in [0, 0.05) is 45.2 Å². The van der Waals surface area contributed by atoms with Gasteiger partial charge in [-0.3, -0.25) is 4.79 Å². The summed E-state index contributed by atoms with van der Waals surface area (Å²) in [6.07, 6.45) is 0.822. The molecule has 1 radical (unpaired) electrons. The molecule has 0 bridgehead atoms. The Morgan fingerprint density at radius 1 is 1.20 bits per heavy atom. The van der Waals surface area contributed by atoms with E-state index >= 15 is 0 Å². The Labute approximate surface area is 177 Å². The summed E-state index contributed by atoms with van der Waals surface area (Å²) in [5.74, 6) is 0.0631. The number of aromatic nitrogens is 2. The second-order valence-corrected chi connectivity index (χ2v) is 5.61. The fourth-order valence-corrected chi connectivity index (χ4v) is 2.43. The van der Waals surface area contributed by atoms with Gasteiger partial charge in [0.05, 0.1) is 5.56 Å². The molecule has 2 aromatic rings. The maximum Gasteiger partial charge on any atom is 0.278 e. The molecule has 25 heavy (non-hydrogen) atoms. The van der Waals surface area contributed by atoms with Gasteiger partial charge in [0.1, 0.15) is 5.69 Å². The van der Waals surface area contributed by atoms with Crippen molar-refractivity contribution in [3.05, 3.63) is 53.3 Å². The van der Waals surface area contributed by atoms with Crippen LogP contribution in [0.1, 0.15) is 58.2 Å². The van der Waals surface area contributed by atoms with Crippen molar-refractivity contribution in [1.82, 2.24) is 9.78 Å². The van der Waals surface area contributed by atoms with Crippen LogP contribution in [0.2, 0.25) is 0 Å². The molecule has 0 atom stereocenters. The van der Waals surface area contributed by atoms with Crippen molar-refractivity contribution in [2.75, 3.05) is 0 Å². The van der Waals surface area contributed by atoms with Crippen molar-refractivity contribution in [3.63, 3.8) is 0 Å². The summed E-state index contributed by atoms with van der Waals surface area (Å²) in [4.78, 5) is 12.6. The summed E-state index contributed by atoms with van der Waals surface area (Å²) in [5.41, 5.74) is 2.44. The summed E-state index contributed by atoms with van der Waals surface area (Å²) in [5, 5.41) is 14.9. The zero-order valence-electron chi connectivity index (χ0n) is 16.6. The molecule has 1 aromatic carbocycles. The van der Waals surface area contributed by atoms with E-state index in [2.05, 4.69) is 5.10 Å². The molecule has 0 fully saturated rings.